The van der Waals surface area contributed by atoms with Crippen molar-refractivity contribution in [2.24, 2.45) is 0 Å². The summed E-state index contributed by atoms with van der Waals surface area (Å²) in [6.45, 7) is 2.23. The third-order valence-electron chi connectivity index (χ3n) is 3.83. The van der Waals surface area contributed by atoms with Gasteiger partial charge in [-0.2, -0.15) is 0 Å². The fraction of sp³-hybridized carbons (Fsp3) is 0.316. The van der Waals surface area contributed by atoms with Gasteiger partial charge in [0.2, 0.25) is 0 Å². The summed E-state index contributed by atoms with van der Waals surface area (Å²) in [5.41, 5.74) is 2.03. The zero-order chi connectivity index (χ0) is 15.9. The minimum absolute atomic E-state index is 0. The molecule has 0 radical (unpaired) electrons. The molecule has 0 bridgehead atoms. The highest BCUT2D eigenvalue weighted by Crippen LogP contribution is 2.08. The summed E-state index contributed by atoms with van der Waals surface area (Å²) >= 11 is 0. The summed E-state index contributed by atoms with van der Waals surface area (Å²) in [5.74, 6) is 0.897. The minimum Gasteiger partial charge on any atom is -1.00 e. The topological polar surface area (TPSA) is 34.6 Å². The van der Waals surface area contributed by atoms with Gasteiger partial charge in [-0.3, -0.25) is 0 Å². The van der Waals surface area contributed by atoms with Crippen LogP contribution in [0.15, 0.2) is 60.7 Å². The van der Waals surface area contributed by atoms with E-state index in [1.54, 1.807) is 0 Å². The van der Waals surface area contributed by atoms with Crippen LogP contribution in [0.4, 0.5) is 0 Å². The van der Waals surface area contributed by atoms with Gasteiger partial charge >= 0.3 is 5.82 Å². The van der Waals surface area contributed by atoms with Gasteiger partial charge in [0.1, 0.15) is 5.69 Å². The minimum atomic E-state index is 0. The Labute approximate surface area is 149 Å². The van der Waals surface area contributed by atoms with E-state index in [0.29, 0.717) is 0 Å². The van der Waals surface area contributed by atoms with E-state index >= 15 is 0 Å². The first-order chi connectivity index (χ1) is 11.4. The Bertz CT molecular complexity index is 669. The second kappa shape index (κ2) is 9.18. The van der Waals surface area contributed by atoms with Crippen molar-refractivity contribution < 1.29 is 17.2 Å². The molecule has 0 aliphatic heterocycles. The predicted molar refractivity (Wildman–Crippen MR) is 90.7 cm³/mol. The van der Waals surface area contributed by atoms with E-state index in [4.69, 9.17) is 10.2 Å². The summed E-state index contributed by atoms with van der Waals surface area (Å²) in [6.07, 6.45) is 5.82. The lowest BCUT2D eigenvalue weighted by molar-refractivity contribution is -0.735. The fourth-order valence-corrected chi connectivity index (χ4v) is 2.59. The average Bonchev–Trinajstić information content (AvgIpc) is 3.05. The number of hydrogen-bond donors (Lipinski definition) is 0. The first-order valence-corrected chi connectivity index (χ1v) is 8.38. The average molecular weight is 343 g/mol. The number of aryl methyl sites for hydroxylation is 1. The van der Waals surface area contributed by atoms with Gasteiger partial charge in [-0.1, -0.05) is 62.6 Å². The smallest absolute Gasteiger partial charge is 0.309 e. The van der Waals surface area contributed by atoms with Crippen LogP contribution in [0, 0.1) is 0 Å². The number of para-hydroxylation sites is 2. The summed E-state index contributed by atoms with van der Waals surface area (Å²) in [5, 5.41) is 9.45. The molecule has 0 spiro atoms. The molecule has 0 unspecified atom stereocenters. The number of nitrogens with zero attached hydrogens (tertiary/aromatic N) is 4. The highest BCUT2D eigenvalue weighted by Gasteiger charge is 2.21. The molecule has 4 nitrogen and oxygen atoms in total. The molecule has 5 heteroatoms. The SMILES string of the molecule is CCCCCCc1nn(-c2ccccc2)[n+](-c2ccccc2)n1.[Cl-]. The van der Waals surface area contributed by atoms with E-state index in [1.807, 2.05) is 46.0 Å². The molecule has 2 aromatic carbocycles. The summed E-state index contributed by atoms with van der Waals surface area (Å²) in [4.78, 5) is 3.76. The number of aromatic nitrogens is 4. The van der Waals surface area contributed by atoms with Gasteiger partial charge in [0.25, 0.3) is 0 Å². The van der Waals surface area contributed by atoms with Crippen LogP contribution in [0.2, 0.25) is 0 Å². The molecule has 0 amide bonds. The molecule has 0 N–H and O–H groups in total. The molecule has 0 aliphatic rings. The Kier molecular flexibility index (Phi) is 6.94. The quantitative estimate of drug-likeness (QED) is 0.467. The molecule has 1 heterocycles. The van der Waals surface area contributed by atoms with E-state index < -0.39 is 0 Å². The lowest BCUT2D eigenvalue weighted by Crippen LogP contribution is -3.00. The number of benzene rings is 2. The van der Waals surface area contributed by atoms with Gasteiger partial charge in [0.15, 0.2) is 5.69 Å². The van der Waals surface area contributed by atoms with Crippen LogP contribution in [-0.4, -0.2) is 15.0 Å². The number of unbranched alkanes of at least 4 members (excludes halogenated alkanes) is 3. The molecular weight excluding hydrogens is 320 g/mol. The van der Waals surface area contributed by atoms with Crippen molar-refractivity contribution in [2.75, 3.05) is 0 Å². The number of tetrazole rings is 1. The van der Waals surface area contributed by atoms with Crippen molar-refractivity contribution in [1.29, 1.82) is 0 Å². The molecule has 24 heavy (non-hydrogen) atoms. The van der Waals surface area contributed by atoms with E-state index in [2.05, 4.69) is 31.2 Å². The van der Waals surface area contributed by atoms with Crippen LogP contribution in [0.25, 0.3) is 11.4 Å². The van der Waals surface area contributed by atoms with Crippen molar-refractivity contribution in [3.8, 4) is 11.4 Å². The third-order valence-corrected chi connectivity index (χ3v) is 3.83. The molecule has 0 fully saturated rings. The van der Waals surface area contributed by atoms with Crippen LogP contribution in [-0.2, 0) is 6.42 Å². The Morgan fingerprint density at radius 1 is 0.875 bits per heavy atom. The Hall–Kier alpha value is -2.20. The monoisotopic (exact) mass is 342 g/mol. The van der Waals surface area contributed by atoms with Crippen LogP contribution >= 0.6 is 0 Å². The third kappa shape index (κ3) is 4.42. The molecule has 0 atom stereocenters. The lowest BCUT2D eigenvalue weighted by Gasteiger charge is -1.98. The maximum absolute atomic E-state index is 4.72. The van der Waals surface area contributed by atoms with Gasteiger partial charge in [0, 0.05) is 11.2 Å². The number of hydrogen-bond acceptors (Lipinski definition) is 2. The van der Waals surface area contributed by atoms with Crippen molar-refractivity contribution in [3.05, 3.63) is 66.5 Å². The second-order valence-corrected chi connectivity index (χ2v) is 5.68. The summed E-state index contributed by atoms with van der Waals surface area (Å²) in [7, 11) is 0. The maximum atomic E-state index is 4.72. The largest absolute Gasteiger partial charge is 1.00 e. The Balaban J connectivity index is 0.00000208. The Morgan fingerprint density at radius 2 is 1.54 bits per heavy atom. The Morgan fingerprint density at radius 3 is 2.21 bits per heavy atom. The van der Waals surface area contributed by atoms with Crippen LogP contribution in [0.1, 0.15) is 38.4 Å². The first kappa shape index (κ1) is 18.1. The van der Waals surface area contributed by atoms with Crippen molar-refractivity contribution >= 4 is 0 Å². The zero-order valence-electron chi connectivity index (χ0n) is 14.0. The van der Waals surface area contributed by atoms with Gasteiger partial charge < -0.3 is 12.4 Å². The normalized spacial score (nSPS) is 10.4. The van der Waals surface area contributed by atoms with Crippen LogP contribution in [0.5, 0.6) is 0 Å². The van der Waals surface area contributed by atoms with Gasteiger partial charge in [-0.05, 0) is 40.6 Å². The highest BCUT2D eigenvalue weighted by molar-refractivity contribution is 5.28. The van der Waals surface area contributed by atoms with E-state index in [1.165, 1.54) is 19.3 Å². The van der Waals surface area contributed by atoms with Crippen molar-refractivity contribution in [2.45, 2.75) is 39.0 Å². The molecule has 0 saturated heterocycles. The number of rotatable bonds is 7. The van der Waals surface area contributed by atoms with Gasteiger partial charge in [0.05, 0.1) is 5.10 Å². The molecule has 126 valence electrons. The van der Waals surface area contributed by atoms with E-state index in [0.717, 1.165) is 30.0 Å². The molecule has 1 aromatic heterocycles. The van der Waals surface area contributed by atoms with Gasteiger partial charge in [-0.25, -0.2) is 0 Å². The second-order valence-electron chi connectivity index (χ2n) is 5.68. The van der Waals surface area contributed by atoms with Crippen molar-refractivity contribution in [3.63, 3.8) is 0 Å². The molecule has 0 aliphatic carbocycles. The van der Waals surface area contributed by atoms with Crippen LogP contribution in [0.3, 0.4) is 0 Å². The van der Waals surface area contributed by atoms with Gasteiger partial charge in [-0.15, -0.1) is 0 Å². The standard InChI is InChI=1S/C19H23N4.ClH/c1-2-3-4-11-16-19-20-22(17-12-7-5-8-13-17)23(21-19)18-14-9-6-10-15-18;/h5-10,12-15H,2-4,11,16H2,1H3;1H/q+1;/p-1. The summed E-state index contributed by atoms with van der Waals surface area (Å²) < 4.78 is 0. The van der Waals surface area contributed by atoms with Crippen LogP contribution < -0.4 is 17.2 Å². The molecule has 3 aromatic rings. The lowest BCUT2D eigenvalue weighted by atomic mass is 10.1. The maximum Gasteiger partial charge on any atom is 0.309 e. The van der Waals surface area contributed by atoms with E-state index in [-0.39, 0.29) is 12.4 Å². The highest BCUT2D eigenvalue weighted by atomic mass is 35.5. The number of halogens is 1. The van der Waals surface area contributed by atoms with E-state index in [9.17, 15) is 0 Å². The molecule has 3 rings (SSSR count). The molecule has 0 saturated carbocycles. The fourth-order valence-electron chi connectivity index (χ4n) is 2.59. The summed E-state index contributed by atoms with van der Waals surface area (Å²) in [6, 6.07) is 20.3. The van der Waals surface area contributed by atoms with Crippen molar-refractivity contribution in [1.82, 2.24) is 15.0 Å². The molecular formula is C19H23ClN4. The predicted octanol–water partition coefficient (Wildman–Crippen LogP) is 0.671. The zero-order valence-corrected chi connectivity index (χ0v) is 14.7. The first-order valence-electron chi connectivity index (χ1n) is 8.38.